The lowest BCUT2D eigenvalue weighted by molar-refractivity contribution is -0.151. The molecule has 0 saturated carbocycles. The van der Waals surface area contributed by atoms with E-state index in [9.17, 15) is 32.3 Å². The molecule has 1 aromatic rings. The van der Waals surface area contributed by atoms with Crippen LogP contribution < -0.4 is 5.56 Å². The molecule has 1 saturated heterocycles. The van der Waals surface area contributed by atoms with E-state index in [4.69, 9.17) is 4.74 Å². The Balaban J connectivity index is 1.91. The summed E-state index contributed by atoms with van der Waals surface area (Å²) >= 11 is 0. The van der Waals surface area contributed by atoms with Gasteiger partial charge in [0.1, 0.15) is 6.54 Å². The van der Waals surface area contributed by atoms with Gasteiger partial charge in [-0.1, -0.05) is 0 Å². The van der Waals surface area contributed by atoms with Gasteiger partial charge in [0.05, 0.1) is 24.6 Å². The van der Waals surface area contributed by atoms with Crippen molar-refractivity contribution >= 4 is 17.8 Å². The summed E-state index contributed by atoms with van der Waals surface area (Å²) in [5.41, 5.74) is -1.80. The molecule has 2 amide bonds. The van der Waals surface area contributed by atoms with Crippen LogP contribution in [-0.4, -0.2) is 65.4 Å². The lowest BCUT2D eigenvalue weighted by Crippen LogP contribution is -2.46. The number of alkyl halides is 3. The number of pyridine rings is 1. The van der Waals surface area contributed by atoms with Crippen LogP contribution in [0.4, 0.5) is 13.2 Å². The molecule has 166 valence electrons. The molecule has 2 heterocycles. The van der Waals surface area contributed by atoms with E-state index in [2.05, 4.69) is 0 Å². The fourth-order valence-electron chi connectivity index (χ4n) is 3.10. The predicted molar refractivity (Wildman–Crippen MR) is 99.3 cm³/mol. The van der Waals surface area contributed by atoms with Crippen LogP contribution in [0.1, 0.15) is 25.3 Å². The highest BCUT2D eigenvalue weighted by Crippen LogP contribution is 2.28. The van der Waals surface area contributed by atoms with Gasteiger partial charge in [0, 0.05) is 32.4 Å². The molecule has 11 heteroatoms. The predicted octanol–water partition coefficient (Wildman–Crippen LogP) is 1.13. The van der Waals surface area contributed by atoms with E-state index in [1.807, 2.05) is 0 Å². The van der Waals surface area contributed by atoms with Gasteiger partial charge in [0.15, 0.2) is 0 Å². The van der Waals surface area contributed by atoms with Crippen molar-refractivity contribution in [2.75, 3.05) is 33.3 Å². The maximum Gasteiger partial charge on any atom is 0.417 e. The number of halogens is 3. The first-order valence-corrected chi connectivity index (χ1v) is 9.49. The quantitative estimate of drug-likeness (QED) is 0.630. The molecule has 30 heavy (non-hydrogen) atoms. The lowest BCUT2D eigenvalue weighted by atomic mass is 9.97. The first-order chi connectivity index (χ1) is 14.0. The fourth-order valence-corrected chi connectivity index (χ4v) is 3.10. The number of likely N-dealkylation sites (tertiary alicyclic amines) is 1. The third kappa shape index (κ3) is 6.07. The van der Waals surface area contributed by atoms with Crippen LogP contribution in [0.15, 0.2) is 23.1 Å². The van der Waals surface area contributed by atoms with Gasteiger partial charge in [-0.15, -0.1) is 0 Å². The largest absolute Gasteiger partial charge is 0.466 e. The third-order valence-electron chi connectivity index (χ3n) is 4.88. The Morgan fingerprint density at radius 3 is 2.40 bits per heavy atom. The minimum absolute atomic E-state index is 0.263. The fraction of sp³-hybridized carbons (Fsp3) is 0.579. The summed E-state index contributed by atoms with van der Waals surface area (Å²) < 4.78 is 44.1. The van der Waals surface area contributed by atoms with Crippen molar-refractivity contribution in [1.82, 2.24) is 14.4 Å². The molecule has 0 unspecified atom stereocenters. The molecule has 0 spiro atoms. The van der Waals surface area contributed by atoms with E-state index in [0.29, 0.717) is 49.4 Å². The maximum atomic E-state index is 12.8. The van der Waals surface area contributed by atoms with Crippen molar-refractivity contribution in [3.63, 3.8) is 0 Å². The molecular formula is C19H24F3N3O5. The van der Waals surface area contributed by atoms with Crippen molar-refractivity contribution in [2.45, 2.75) is 32.5 Å². The Bertz CT molecular complexity index is 845. The van der Waals surface area contributed by atoms with Crippen molar-refractivity contribution < 1.29 is 32.3 Å². The molecule has 0 bridgehead atoms. The molecule has 0 atom stereocenters. The molecule has 0 aliphatic carbocycles. The molecule has 0 aromatic carbocycles. The van der Waals surface area contributed by atoms with Crippen LogP contribution in [-0.2, 0) is 31.8 Å². The smallest absolute Gasteiger partial charge is 0.417 e. The molecule has 0 N–H and O–H groups in total. The molecule has 1 aliphatic rings. The molecule has 1 fully saturated rings. The summed E-state index contributed by atoms with van der Waals surface area (Å²) in [4.78, 5) is 50.8. The van der Waals surface area contributed by atoms with Crippen molar-refractivity contribution in [3.05, 3.63) is 34.2 Å². The second kappa shape index (κ2) is 9.77. The van der Waals surface area contributed by atoms with Gasteiger partial charge >= 0.3 is 12.1 Å². The van der Waals surface area contributed by atoms with E-state index in [1.165, 1.54) is 11.9 Å². The summed E-state index contributed by atoms with van der Waals surface area (Å²) in [6.45, 7) is 1.81. The Kier molecular flexibility index (Phi) is 7.63. The van der Waals surface area contributed by atoms with Crippen molar-refractivity contribution in [2.24, 2.45) is 5.92 Å². The Morgan fingerprint density at radius 2 is 1.83 bits per heavy atom. The average molecular weight is 431 g/mol. The van der Waals surface area contributed by atoms with Crippen LogP contribution in [0.3, 0.4) is 0 Å². The number of hydrogen-bond donors (Lipinski definition) is 0. The third-order valence-corrected chi connectivity index (χ3v) is 4.88. The zero-order valence-electron chi connectivity index (χ0n) is 16.8. The lowest BCUT2D eigenvalue weighted by Gasteiger charge is -2.32. The second-order valence-electron chi connectivity index (χ2n) is 7.04. The van der Waals surface area contributed by atoms with E-state index in [1.54, 1.807) is 6.92 Å². The monoisotopic (exact) mass is 431 g/mol. The number of esters is 1. The summed E-state index contributed by atoms with van der Waals surface area (Å²) in [5, 5.41) is 0. The van der Waals surface area contributed by atoms with Gasteiger partial charge in [-0.25, -0.2) is 0 Å². The van der Waals surface area contributed by atoms with Crippen LogP contribution in [0.5, 0.6) is 0 Å². The van der Waals surface area contributed by atoms with E-state index in [-0.39, 0.29) is 24.3 Å². The number of piperidine rings is 1. The highest BCUT2D eigenvalue weighted by molar-refractivity contribution is 5.84. The van der Waals surface area contributed by atoms with Crippen LogP contribution in [0, 0.1) is 5.92 Å². The normalized spacial score (nSPS) is 15.0. The summed E-state index contributed by atoms with van der Waals surface area (Å²) in [5.74, 6) is -1.57. The molecule has 1 aliphatic heterocycles. The molecule has 2 rings (SSSR count). The van der Waals surface area contributed by atoms with Gasteiger partial charge in [0.25, 0.3) is 5.56 Å². The molecule has 8 nitrogen and oxygen atoms in total. The van der Waals surface area contributed by atoms with Gasteiger partial charge in [-0.3, -0.25) is 19.2 Å². The van der Waals surface area contributed by atoms with E-state index < -0.39 is 29.8 Å². The molecular weight excluding hydrogens is 407 g/mol. The molecule has 0 radical (unpaired) electrons. The highest BCUT2D eigenvalue weighted by atomic mass is 19.4. The maximum absolute atomic E-state index is 12.8. The minimum Gasteiger partial charge on any atom is -0.466 e. The molecule has 1 aromatic heterocycles. The standard InChI is InChI=1S/C19H24F3N3O5/c1-3-30-18(29)13-6-8-24(9-7-13)17(28)11-23(2)16(27)12-25-10-14(19(20,21)22)4-5-15(25)26/h4-5,10,13H,3,6-9,11-12H2,1-2H3. The van der Waals surface area contributed by atoms with Gasteiger partial charge in [0.2, 0.25) is 11.8 Å². The topological polar surface area (TPSA) is 88.9 Å². The number of amides is 2. The van der Waals surface area contributed by atoms with Crippen LogP contribution >= 0.6 is 0 Å². The van der Waals surface area contributed by atoms with Crippen molar-refractivity contribution in [1.29, 1.82) is 0 Å². The van der Waals surface area contributed by atoms with Crippen LogP contribution in [0.2, 0.25) is 0 Å². The van der Waals surface area contributed by atoms with Gasteiger partial charge in [-0.05, 0) is 25.8 Å². The number of rotatable bonds is 6. The SMILES string of the molecule is CCOC(=O)C1CCN(C(=O)CN(C)C(=O)Cn2cc(C(F)(F)F)ccc2=O)CC1. The number of carbonyl (C=O) groups is 3. The Morgan fingerprint density at radius 1 is 1.20 bits per heavy atom. The summed E-state index contributed by atoms with van der Waals surface area (Å²) in [6.07, 6.45) is -3.14. The highest BCUT2D eigenvalue weighted by Gasteiger charge is 2.32. The summed E-state index contributed by atoms with van der Waals surface area (Å²) in [6, 6.07) is 1.39. The number of aromatic nitrogens is 1. The summed E-state index contributed by atoms with van der Waals surface area (Å²) in [7, 11) is 1.34. The Labute approximate surface area is 171 Å². The number of ether oxygens (including phenoxy) is 1. The zero-order chi connectivity index (χ0) is 22.5. The number of likely N-dealkylation sites (N-methyl/N-ethyl adjacent to an activating group) is 1. The first kappa shape index (κ1) is 23.4. The average Bonchev–Trinajstić information content (AvgIpc) is 2.68. The number of hydrogen-bond acceptors (Lipinski definition) is 5. The number of carbonyl (C=O) groups excluding carboxylic acids is 3. The van der Waals surface area contributed by atoms with Crippen molar-refractivity contribution in [3.8, 4) is 0 Å². The van der Waals surface area contributed by atoms with Gasteiger partial charge in [-0.2, -0.15) is 13.2 Å². The Hall–Kier alpha value is -2.85. The zero-order valence-corrected chi connectivity index (χ0v) is 16.8. The van der Waals surface area contributed by atoms with E-state index in [0.717, 1.165) is 11.0 Å². The van der Waals surface area contributed by atoms with Crippen LogP contribution in [0.25, 0.3) is 0 Å². The number of nitrogens with zero attached hydrogens (tertiary/aromatic N) is 3. The van der Waals surface area contributed by atoms with Gasteiger partial charge < -0.3 is 19.1 Å². The second-order valence-corrected chi connectivity index (χ2v) is 7.04. The van der Waals surface area contributed by atoms with E-state index >= 15 is 0 Å². The minimum atomic E-state index is -4.64. The first-order valence-electron chi connectivity index (χ1n) is 9.49.